The Labute approximate surface area is 89.3 Å². The van der Waals surface area contributed by atoms with Gasteiger partial charge in [0.15, 0.2) is 0 Å². The van der Waals surface area contributed by atoms with Gasteiger partial charge in [0.2, 0.25) is 0 Å². The number of rotatable bonds is 4. The minimum atomic E-state index is -0.504. The molecule has 0 saturated carbocycles. The Morgan fingerprint density at radius 1 is 1.47 bits per heavy atom. The molecule has 2 N–H and O–H groups in total. The van der Waals surface area contributed by atoms with Crippen LogP contribution in [0.15, 0.2) is 24.5 Å². The predicted octanol–water partition coefficient (Wildman–Crippen LogP) is 0.828. The molecule has 1 heterocycles. The second kappa shape index (κ2) is 5.46. The molecule has 1 atom stereocenters. The quantitative estimate of drug-likeness (QED) is 0.770. The minimum Gasteiger partial charge on any atom is -0.391 e. The zero-order chi connectivity index (χ0) is 11.3. The summed E-state index contributed by atoms with van der Waals surface area (Å²) in [6.45, 7) is 4.09. The average molecular weight is 208 g/mol. The number of nitrogens with zero attached hydrogens (tertiary/aromatic N) is 1. The number of aromatic nitrogens is 1. The molecule has 1 aromatic rings. The van der Waals surface area contributed by atoms with Gasteiger partial charge in [0, 0.05) is 24.5 Å². The fourth-order valence-electron chi connectivity index (χ4n) is 1.04. The van der Waals surface area contributed by atoms with E-state index in [0.717, 1.165) is 0 Å². The van der Waals surface area contributed by atoms with E-state index in [-0.39, 0.29) is 18.4 Å². The van der Waals surface area contributed by atoms with E-state index in [4.69, 9.17) is 0 Å². The molecule has 0 aliphatic heterocycles. The molecule has 4 heteroatoms. The van der Waals surface area contributed by atoms with Crippen molar-refractivity contribution in [3.8, 4) is 0 Å². The van der Waals surface area contributed by atoms with Crippen molar-refractivity contribution in [2.75, 3.05) is 6.54 Å². The number of pyridine rings is 1. The first-order chi connectivity index (χ1) is 7.11. The van der Waals surface area contributed by atoms with Crippen LogP contribution in [0.4, 0.5) is 0 Å². The molecule has 0 aliphatic carbocycles. The first-order valence-corrected chi connectivity index (χ1v) is 4.97. The van der Waals surface area contributed by atoms with Gasteiger partial charge in [0.25, 0.3) is 5.91 Å². The van der Waals surface area contributed by atoms with Crippen molar-refractivity contribution in [3.63, 3.8) is 0 Å². The van der Waals surface area contributed by atoms with E-state index in [0.29, 0.717) is 5.56 Å². The number of aliphatic hydroxyl groups excluding tert-OH is 1. The Balaban J connectivity index is 2.44. The Bertz CT molecular complexity index is 312. The molecular formula is C11H16N2O2. The molecule has 1 amide bonds. The van der Waals surface area contributed by atoms with Crippen molar-refractivity contribution < 1.29 is 9.90 Å². The van der Waals surface area contributed by atoms with Gasteiger partial charge in [-0.2, -0.15) is 0 Å². The molecule has 0 radical (unpaired) electrons. The maximum Gasteiger partial charge on any atom is 0.251 e. The number of nitrogens with one attached hydrogen (secondary N) is 1. The molecule has 0 bridgehead atoms. The third-order valence-corrected chi connectivity index (χ3v) is 2.18. The zero-order valence-corrected chi connectivity index (χ0v) is 8.97. The van der Waals surface area contributed by atoms with E-state index in [9.17, 15) is 9.90 Å². The first kappa shape index (κ1) is 11.7. The van der Waals surface area contributed by atoms with E-state index in [1.807, 2.05) is 13.8 Å². The van der Waals surface area contributed by atoms with E-state index in [1.54, 1.807) is 24.5 Å². The van der Waals surface area contributed by atoms with Crippen LogP contribution in [-0.4, -0.2) is 28.6 Å². The predicted molar refractivity (Wildman–Crippen MR) is 57.4 cm³/mol. The third-order valence-electron chi connectivity index (χ3n) is 2.18. The average Bonchev–Trinajstić information content (AvgIpc) is 2.26. The maximum absolute atomic E-state index is 11.5. The number of hydrogen-bond acceptors (Lipinski definition) is 3. The molecule has 4 nitrogen and oxygen atoms in total. The number of carbonyl (C=O) groups is 1. The fraction of sp³-hybridized carbons (Fsp3) is 0.455. The standard InChI is InChI=1S/C11H16N2O2/c1-8(2)10(14)7-13-11(15)9-3-5-12-6-4-9/h3-6,8,10,14H,7H2,1-2H3,(H,13,15). The van der Waals surface area contributed by atoms with E-state index >= 15 is 0 Å². The monoisotopic (exact) mass is 208 g/mol. The van der Waals surface area contributed by atoms with Crippen molar-refractivity contribution in [1.29, 1.82) is 0 Å². The van der Waals surface area contributed by atoms with Crippen LogP contribution in [0.2, 0.25) is 0 Å². The number of amides is 1. The molecule has 82 valence electrons. The Kier molecular flexibility index (Phi) is 4.24. The second-order valence-corrected chi connectivity index (χ2v) is 3.76. The van der Waals surface area contributed by atoms with Gasteiger partial charge in [-0.25, -0.2) is 0 Å². The van der Waals surface area contributed by atoms with Crippen LogP contribution >= 0.6 is 0 Å². The van der Waals surface area contributed by atoms with E-state index in [2.05, 4.69) is 10.3 Å². The van der Waals surface area contributed by atoms with Gasteiger partial charge >= 0.3 is 0 Å². The summed E-state index contributed by atoms with van der Waals surface area (Å²) in [7, 11) is 0. The molecule has 0 spiro atoms. The molecule has 1 rings (SSSR count). The minimum absolute atomic E-state index is 0.141. The van der Waals surface area contributed by atoms with Gasteiger partial charge in [-0.15, -0.1) is 0 Å². The normalized spacial score (nSPS) is 12.5. The summed E-state index contributed by atoms with van der Waals surface area (Å²) < 4.78 is 0. The maximum atomic E-state index is 11.5. The van der Waals surface area contributed by atoms with Crippen LogP contribution in [0.3, 0.4) is 0 Å². The Hall–Kier alpha value is -1.42. The number of carbonyl (C=O) groups excluding carboxylic acids is 1. The molecular weight excluding hydrogens is 192 g/mol. The molecule has 0 aliphatic rings. The fourth-order valence-corrected chi connectivity index (χ4v) is 1.04. The lowest BCUT2D eigenvalue weighted by Gasteiger charge is -2.14. The molecule has 0 fully saturated rings. The molecule has 0 aromatic carbocycles. The summed E-state index contributed by atoms with van der Waals surface area (Å²) in [6, 6.07) is 3.27. The van der Waals surface area contributed by atoms with Crippen LogP contribution in [0, 0.1) is 5.92 Å². The third kappa shape index (κ3) is 3.67. The highest BCUT2D eigenvalue weighted by Gasteiger charge is 2.11. The highest BCUT2D eigenvalue weighted by atomic mass is 16.3. The molecule has 1 unspecified atom stereocenters. The van der Waals surface area contributed by atoms with Crippen molar-refractivity contribution in [1.82, 2.24) is 10.3 Å². The van der Waals surface area contributed by atoms with Crippen LogP contribution in [0.25, 0.3) is 0 Å². The SMILES string of the molecule is CC(C)C(O)CNC(=O)c1ccncc1. The largest absolute Gasteiger partial charge is 0.391 e. The number of hydrogen-bond donors (Lipinski definition) is 2. The molecule has 1 aromatic heterocycles. The lowest BCUT2D eigenvalue weighted by atomic mass is 10.1. The lowest BCUT2D eigenvalue weighted by molar-refractivity contribution is 0.0871. The van der Waals surface area contributed by atoms with Crippen LogP contribution in [0.1, 0.15) is 24.2 Å². The summed E-state index contributed by atoms with van der Waals surface area (Å²) in [5, 5.41) is 12.2. The Morgan fingerprint density at radius 2 is 2.07 bits per heavy atom. The van der Waals surface area contributed by atoms with Crippen molar-refractivity contribution in [3.05, 3.63) is 30.1 Å². The highest BCUT2D eigenvalue weighted by Crippen LogP contribution is 2.00. The van der Waals surface area contributed by atoms with Crippen molar-refractivity contribution in [2.45, 2.75) is 20.0 Å². The van der Waals surface area contributed by atoms with E-state index < -0.39 is 6.10 Å². The molecule has 15 heavy (non-hydrogen) atoms. The van der Waals surface area contributed by atoms with Crippen LogP contribution in [-0.2, 0) is 0 Å². The summed E-state index contributed by atoms with van der Waals surface area (Å²) in [6.07, 6.45) is 2.62. The first-order valence-electron chi connectivity index (χ1n) is 4.97. The van der Waals surface area contributed by atoms with Crippen LogP contribution in [0.5, 0.6) is 0 Å². The summed E-state index contributed by atoms with van der Waals surface area (Å²) in [5.74, 6) is -0.0418. The summed E-state index contributed by atoms with van der Waals surface area (Å²) >= 11 is 0. The van der Waals surface area contributed by atoms with E-state index in [1.165, 1.54) is 0 Å². The van der Waals surface area contributed by atoms with Gasteiger partial charge in [-0.05, 0) is 18.1 Å². The van der Waals surface area contributed by atoms with Gasteiger partial charge in [-0.3, -0.25) is 9.78 Å². The second-order valence-electron chi connectivity index (χ2n) is 3.76. The topological polar surface area (TPSA) is 62.2 Å². The van der Waals surface area contributed by atoms with Gasteiger partial charge < -0.3 is 10.4 Å². The van der Waals surface area contributed by atoms with Crippen molar-refractivity contribution in [2.24, 2.45) is 5.92 Å². The van der Waals surface area contributed by atoms with Crippen LogP contribution < -0.4 is 5.32 Å². The lowest BCUT2D eigenvalue weighted by Crippen LogP contribution is -2.34. The number of aliphatic hydroxyl groups is 1. The van der Waals surface area contributed by atoms with Crippen molar-refractivity contribution >= 4 is 5.91 Å². The molecule has 0 saturated heterocycles. The van der Waals surface area contributed by atoms with Gasteiger partial charge in [-0.1, -0.05) is 13.8 Å². The van der Waals surface area contributed by atoms with Gasteiger partial charge in [0.05, 0.1) is 6.10 Å². The smallest absolute Gasteiger partial charge is 0.251 e. The summed E-state index contributed by atoms with van der Waals surface area (Å²) in [4.78, 5) is 15.3. The Morgan fingerprint density at radius 3 is 2.60 bits per heavy atom. The van der Waals surface area contributed by atoms with Gasteiger partial charge in [0.1, 0.15) is 0 Å². The highest BCUT2D eigenvalue weighted by molar-refractivity contribution is 5.93. The summed E-state index contributed by atoms with van der Waals surface area (Å²) in [5.41, 5.74) is 0.556. The zero-order valence-electron chi connectivity index (χ0n) is 8.97.